The molecule has 1 atom stereocenters. The molecular formula is C20H18Cl2N4O2S. The van der Waals surface area contributed by atoms with Gasteiger partial charge in [0.05, 0.1) is 20.6 Å². The maximum atomic E-state index is 13.1. The summed E-state index contributed by atoms with van der Waals surface area (Å²) in [5, 5.41) is 13.0. The van der Waals surface area contributed by atoms with Crippen LogP contribution in [-0.2, 0) is 4.79 Å². The molecule has 3 heterocycles. The van der Waals surface area contributed by atoms with Crippen molar-refractivity contribution in [3.63, 3.8) is 0 Å². The predicted octanol–water partition coefficient (Wildman–Crippen LogP) is 4.31. The van der Waals surface area contributed by atoms with Crippen LogP contribution in [-0.4, -0.2) is 34.2 Å². The standard InChI is InChI=1S/C20H18Cl2N4O2S/c21-13-7-6-12(10-14(13)22)26-17(11-16(25-26)18-5-3-9-29-18)20(28)24-15-4-1-2-8-23-19(15)27/h3,5-7,9-11,15H,1-2,4,8H2,(H,23,27)(H,24,28). The molecule has 29 heavy (non-hydrogen) atoms. The second kappa shape index (κ2) is 8.57. The number of halogens is 2. The number of nitrogens with one attached hydrogen (secondary N) is 2. The molecule has 0 bridgehead atoms. The molecule has 0 aliphatic carbocycles. The molecule has 0 spiro atoms. The number of carbonyl (C=O) groups is 2. The van der Waals surface area contributed by atoms with Gasteiger partial charge in [-0.25, -0.2) is 4.68 Å². The summed E-state index contributed by atoms with van der Waals surface area (Å²) >= 11 is 13.7. The van der Waals surface area contributed by atoms with Crippen LogP contribution in [0.25, 0.3) is 16.3 Å². The van der Waals surface area contributed by atoms with E-state index in [-0.39, 0.29) is 11.8 Å². The maximum absolute atomic E-state index is 13.1. The Kier molecular flexibility index (Phi) is 5.89. The summed E-state index contributed by atoms with van der Waals surface area (Å²) in [5.74, 6) is -0.525. The lowest BCUT2D eigenvalue weighted by Gasteiger charge is -2.15. The van der Waals surface area contributed by atoms with Crippen LogP contribution in [0.5, 0.6) is 0 Å². The average Bonchev–Trinajstić information content (AvgIpc) is 3.34. The van der Waals surface area contributed by atoms with Crippen LogP contribution >= 0.6 is 34.5 Å². The van der Waals surface area contributed by atoms with Crippen molar-refractivity contribution in [3.8, 4) is 16.3 Å². The molecule has 1 aliphatic heterocycles. The van der Waals surface area contributed by atoms with Gasteiger partial charge >= 0.3 is 0 Å². The first-order chi connectivity index (χ1) is 14.0. The Morgan fingerprint density at radius 3 is 2.83 bits per heavy atom. The molecule has 3 aromatic rings. The number of aromatic nitrogens is 2. The highest BCUT2D eigenvalue weighted by atomic mass is 35.5. The lowest BCUT2D eigenvalue weighted by molar-refractivity contribution is -0.122. The van der Waals surface area contributed by atoms with Crippen LogP contribution in [0.4, 0.5) is 0 Å². The molecule has 150 valence electrons. The third kappa shape index (κ3) is 4.32. The van der Waals surface area contributed by atoms with Crippen LogP contribution < -0.4 is 10.6 Å². The molecule has 1 fully saturated rings. The van der Waals surface area contributed by atoms with E-state index < -0.39 is 6.04 Å². The number of benzene rings is 1. The first kappa shape index (κ1) is 19.9. The van der Waals surface area contributed by atoms with Crippen LogP contribution in [0, 0.1) is 0 Å². The molecule has 2 amide bonds. The summed E-state index contributed by atoms with van der Waals surface area (Å²) in [6.07, 6.45) is 2.38. The maximum Gasteiger partial charge on any atom is 0.270 e. The van der Waals surface area contributed by atoms with Gasteiger partial charge in [0.1, 0.15) is 17.4 Å². The van der Waals surface area contributed by atoms with E-state index >= 15 is 0 Å². The molecule has 0 radical (unpaired) electrons. The molecular weight excluding hydrogens is 431 g/mol. The largest absolute Gasteiger partial charge is 0.354 e. The van der Waals surface area contributed by atoms with E-state index in [2.05, 4.69) is 15.7 Å². The second-order valence-electron chi connectivity index (χ2n) is 6.72. The van der Waals surface area contributed by atoms with E-state index in [1.807, 2.05) is 17.5 Å². The fraction of sp³-hybridized carbons (Fsp3) is 0.250. The van der Waals surface area contributed by atoms with Gasteiger partial charge in [0.2, 0.25) is 5.91 Å². The van der Waals surface area contributed by atoms with Crippen molar-refractivity contribution in [1.82, 2.24) is 20.4 Å². The monoisotopic (exact) mass is 448 g/mol. The lowest BCUT2D eigenvalue weighted by Crippen LogP contribution is -2.45. The fourth-order valence-electron chi connectivity index (χ4n) is 3.21. The zero-order chi connectivity index (χ0) is 20.4. The van der Waals surface area contributed by atoms with Crippen LogP contribution in [0.1, 0.15) is 29.8 Å². The second-order valence-corrected chi connectivity index (χ2v) is 8.48. The number of thiophene rings is 1. The molecule has 0 saturated carbocycles. The summed E-state index contributed by atoms with van der Waals surface area (Å²) in [5.41, 5.74) is 1.60. The number of rotatable bonds is 4. The van der Waals surface area contributed by atoms with Crippen molar-refractivity contribution in [2.75, 3.05) is 6.54 Å². The van der Waals surface area contributed by atoms with Gasteiger partial charge in [-0.1, -0.05) is 29.3 Å². The molecule has 2 aromatic heterocycles. The minimum Gasteiger partial charge on any atom is -0.354 e. The number of hydrogen-bond donors (Lipinski definition) is 2. The van der Waals surface area contributed by atoms with Crippen molar-refractivity contribution in [1.29, 1.82) is 0 Å². The fourth-order valence-corrected chi connectivity index (χ4v) is 4.18. The predicted molar refractivity (Wildman–Crippen MR) is 115 cm³/mol. The quantitative estimate of drug-likeness (QED) is 0.624. The highest BCUT2D eigenvalue weighted by Gasteiger charge is 2.26. The smallest absolute Gasteiger partial charge is 0.270 e. The van der Waals surface area contributed by atoms with E-state index in [0.717, 1.165) is 17.7 Å². The molecule has 1 aromatic carbocycles. The van der Waals surface area contributed by atoms with Gasteiger partial charge in [-0.3, -0.25) is 9.59 Å². The van der Waals surface area contributed by atoms with Crippen LogP contribution in [0.3, 0.4) is 0 Å². The highest BCUT2D eigenvalue weighted by molar-refractivity contribution is 7.13. The van der Waals surface area contributed by atoms with Gasteiger partial charge in [-0.2, -0.15) is 5.10 Å². The summed E-state index contributed by atoms with van der Waals surface area (Å²) in [6.45, 7) is 0.634. The van der Waals surface area contributed by atoms with Crippen molar-refractivity contribution in [3.05, 3.63) is 57.5 Å². The number of nitrogens with zero attached hydrogens (tertiary/aromatic N) is 2. The summed E-state index contributed by atoms with van der Waals surface area (Å²) in [6, 6.07) is 10.1. The molecule has 1 unspecified atom stereocenters. The SMILES string of the molecule is O=C(NC1CCCCNC1=O)c1cc(-c2cccs2)nn1-c1ccc(Cl)c(Cl)c1. The number of carbonyl (C=O) groups excluding carboxylic acids is 2. The molecule has 4 rings (SSSR count). The van der Waals surface area contributed by atoms with Gasteiger partial charge in [-0.05, 0) is 55.0 Å². The number of amides is 2. The molecule has 2 N–H and O–H groups in total. The Bertz CT molecular complexity index is 1050. The Labute approximate surface area is 181 Å². The van der Waals surface area contributed by atoms with Gasteiger partial charge in [0, 0.05) is 6.54 Å². The zero-order valence-electron chi connectivity index (χ0n) is 15.3. The minimum absolute atomic E-state index is 0.157. The lowest BCUT2D eigenvalue weighted by atomic mass is 10.1. The molecule has 1 aliphatic rings. The van der Waals surface area contributed by atoms with Gasteiger partial charge in [0.15, 0.2) is 0 Å². The Hall–Kier alpha value is -2.35. The van der Waals surface area contributed by atoms with Crippen molar-refractivity contribution in [2.24, 2.45) is 0 Å². The van der Waals surface area contributed by atoms with Crippen LogP contribution in [0.2, 0.25) is 10.0 Å². The summed E-state index contributed by atoms with van der Waals surface area (Å²) in [4.78, 5) is 26.3. The van der Waals surface area contributed by atoms with E-state index in [1.165, 1.54) is 16.0 Å². The Morgan fingerprint density at radius 1 is 1.21 bits per heavy atom. The average molecular weight is 449 g/mol. The normalized spacial score (nSPS) is 16.9. The first-order valence-corrected chi connectivity index (χ1v) is 10.8. The molecule has 1 saturated heterocycles. The van der Waals surface area contributed by atoms with Crippen molar-refractivity contribution >= 4 is 46.4 Å². The molecule has 6 nitrogen and oxygen atoms in total. The van der Waals surface area contributed by atoms with Gasteiger partial charge < -0.3 is 10.6 Å². The Balaban J connectivity index is 1.71. The van der Waals surface area contributed by atoms with Gasteiger partial charge in [0.25, 0.3) is 5.91 Å². The number of hydrogen-bond acceptors (Lipinski definition) is 4. The first-order valence-electron chi connectivity index (χ1n) is 9.21. The van der Waals surface area contributed by atoms with Gasteiger partial charge in [-0.15, -0.1) is 11.3 Å². The van der Waals surface area contributed by atoms with E-state index in [4.69, 9.17) is 23.2 Å². The van der Waals surface area contributed by atoms with E-state index in [1.54, 1.807) is 24.3 Å². The summed E-state index contributed by atoms with van der Waals surface area (Å²) in [7, 11) is 0. The third-order valence-electron chi connectivity index (χ3n) is 4.70. The Morgan fingerprint density at radius 2 is 2.07 bits per heavy atom. The minimum atomic E-state index is -0.563. The highest BCUT2D eigenvalue weighted by Crippen LogP contribution is 2.28. The topological polar surface area (TPSA) is 76.0 Å². The summed E-state index contributed by atoms with van der Waals surface area (Å²) < 4.78 is 1.53. The van der Waals surface area contributed by atoms with Crippen molar-refractivity contribution < 1.29 is 9.59 Å². The van der Waals surface area contributed by atoms with E-state index in [9.17, 15) is 9.59 Å². The molecule has 9 heteroatoms. The van der Waals surface area contributed by atoms with Crippen LogP contribution in [0.15, 0.2) is 41.8 Å². The van der Waals surface area contributed by atoms with E-state index in [0.29, 0.717) is 40.1 Å². The third-order valence-corrected chi connectivity index (χ3v) is 6.34. The van der Waals surface area contributed by atoms with Crippen molar-refractivity contribution in [2.45, 2.75) is 25.3 Å². The zero-order valence-corrected chi connectivity index (χ0v) is 17.7.